The van der Waals surface area contributed by atoms with Crippen molar-refractivity contribution in [2.45, 2.75) is 54.4 Å². The van der Waals surface area contributed by atoms with Crippen molar-refractivity contribution in [3.63, 3.8) is 0 Å². The summed E-state index contributed by atoms with van der Waals surface area (Å²) in [6, 6.07) is 20.5. The first-order valence-electron chi connectivity index (χ1n) is 16.7. The van der Waals surface area contributed by atoms with Crippen molar-refractivity contribution in [2.24, 2.45) is 20.0 Å². The van der Waals surface area contributed by atoms with E-state index in [1.54, 1.807) is 0 Å². The predicted octanol–water partition coefficient (Wildman–Crippen LogP) is 5.87. The molecular weight excluding hydrogens is 592 g/mol. The molecule has 0 saturated heterocycles. The quantitative estimate of drug-likeness (QED) is 0.191. The Hall–Kier alpha value is -5.76. The summed E-state index contributed by atoms with van der Waals surface area (Å²) in [5.41, 5.74) is 14.9. The molecule has 48 heavy (non-hydrogen) atoms. The molecule has 6 aliphatic rings. The van der Waals surface area contributed by atoms with Crippen molar-refractivity contribution in [2.75, 3.05) is 0 Å². The Morgan fingerprint density at radius 3 is 1.44 bits per heavy atom. The van der Waals surface area contributed by atoms with E-state index in [1.165, 1.54) is 38.9 Å². The largest absolute Gasteiger partial charge is 0.404 e. The molecule has 1 spiro atoms. The van der Waals surface area contributed by atoms with Crippen LogP contribution in [0.2, 0.25) is 0 Å². The summed E-state index contributed by atoms with van der Waals surface area (Å²) in [6.07, 6.45) is 0. The molecule has 0 radical (unpaired) electrons. The van der Waals surface area contributed by atoms with Crippen LogP contribution in [0.3, 0.4) is 0 Å². The summed E-state index contributed by atoms with van der Waals surface area (Å²) < 4.78 is 9.56. The molecule has 0 bridgehead atoms. The summed E-state index contributed by atoms with van der Waals surface area (Å²) in [6.45, 7) is 15.3. The van der Waals surface area contributed by atoms with Crippen molar-refractivity contribution in [3.8, 4) is 0 Å². The van der Waals surface area contributed by atoms with Gasteiger partial charge in [-0.1, -0.05) is 31.6 Å². The number of fused-ring (bicyclic) bond motifs is 12. The van der Waals surface area contributed by atoms with Gasteiger partial charge in [0.15, 0.2) is 0 Å². The first-order valence-corrected chi connectivity index (χ1v) is 16.7. The van der Waals surface area contributed by atoms with E-state index in [9.17, 15) is 0 Å². The van der Waals surface area contributed by atoms with Gasteiger partial charge >= 0.3 is 5.91 Å². The van der Waals surface area contributed by atoms with Gasteiger partial charge in [-0.25, -0.2) is 0 Å². The molecule has 6 aromatic rings. The predicted molar refractivity (Wildman–Crippen MR) is 187 cm³/mol. The van der Waals surface area contributed by atoms with Crippen LogP contribution in [0, 0.1) is 48.5 Å². The van der Waals surface area contributed by atoms with Crippen LogP contribution in [0.5, 0.6) is 0 Å². The maximum absolute atomic E-state index is 5.60. The van der Waals surface area contributed by atoms with Crippen molar-refractivity contribution in [1.82, 2.24) is 9.13 Å². The first kappa shape index (κ1) is 25.3. The van der Waals surface area contributed by atoms with Crippen LogP contribution in [-0.4, -0.2) is 41.6 Å². The Morgan fingerprint density at radius 2 is 0.917 bits per heavy atom. The number of aromatic nitrogens is 2. The lowest BCUT2D eigenvalue weighted by molar-refractivity contribution is -0.790. The van der Waals surface area contributed by atoms with Gasteiger partial charge in [0, 0.05) is 21.5 Å². The van der Waals surface area contributed by atoms with E-state index in [4.69, 9.17) is 20.0 Å². The van der Waals surface area contributed by atoms with Gasteiger partial charge in [-0.15, -0.1) is 9.15 Å². The smallest absolute Gasteiger partial charge is 0.192 e. The number of hydrogen-bond acceptors (Lipinski definition) is 4. The minimum atomic E-state index is -0.965. The molecular formula is C40H30N8+2. The number of aryl methyl sites for hydroxylation is 7. The lowest BCUT2D eigenvalue weighted by atomic mass is 10.0. The first-order chi connectivity index (χ1) is 23.2. The molecule has 4 aromatic carbocycles. The van der Waals surface area contributed by atoms with Crippen LogP contribution < -0.4 is 11.0 Å². The fourth-order valence-electron chi connectivity index (χ4n) is 8.98. The molecule has 0 amide bonds. The van der Waals surface area contributed by atoms with Crippen molar-refractivity contribution >= 4 is 56.5 Å². The normalized spacial score (nSPS) is 19.6. The zero-order chi connectivity index (χ0) is 32.3. The highest BCUT2D eigenvalue weighted by atomic mass is 15.7. The van der Waals surface area contributed by atoms with E-state index >= 15 is 0 Å². The lowest BCUT2D eigenvalue weighted by Crippen LogP contribution is -2.71. The standard InChI is InChI=1S/C40H30N8/c1-17-8-9-24-25(10-17)33-42-35-28-13-20(4)21(5)14-29(28)37-44-39-31-16-23(7)22(6)15-30(31)38-43-36-27-12-19(3)18(2)11-26(27)34-41-32(24)45(33)40(46(34)36,47(35)37)48(38)39/h8-16H,1-7H3/q+2/t40-/m0/s1. The highest BCUT2D eigenvalue weighted by Gasteiger charge is 2.69. The molecule has 0 aliphatic carbocycles. The Labute approximate surface area is 275 Å². The average molecular weight is 623 g/mol. The van der Waals surface area contributed by atoms with Gasteiger partial charge in [0.2, 0.25) is 22.6 Å². The molecule has 2 aromatic heterocycles. The van der Waals surface area contributed by atoms with E-state index in [-0.39, 0.29) is 0 Å². The Balaban J connectivity index is 1.41. The molecule has 8 nitrogen and oxygen atoms in total. The minimum absolute atomic E-state index is 0.910. The fourth-order valence-corrected chi connectivity index (χ4v) is 8.98. The minimum Gasteiger partial charge on any atom is -0.192 e. The maximum atomic E-state index is 5.60. The van der Waals surface area contributed by atoms with Gasteiger partial charge in [0.05, 0.1) is 22.3 Å². The maximum Gasteiger partial charge on any atom is 0.404 e. The molecule has 1 atom stereocenters. The van der Waals surface area contributed by atoms with E-state index in [1.807, 2.05) is 0 Å². The van der Waals surface area contributed by atoms with Crippen LogP contribution in [0.15, 0.2) is 74.6 Å². The van der Waals surface area contributed by atoms with Crippen molar-refractivity contribution < 1.29 is 9.15 Å². The van der Waals surface area contributed by atoms with Crippen LogP contribution in [0.4, 0.5) is 11.6 Å². The van der Waals surface area contributed by atoms with Crippen LogP contribution in [0.25, 0.3) is 21.5 Å². The van der Waals surface area contributed by atoms with Gasteiger partial charge in [-0.3, -0.25) is 0 Å². The second-order valence-electron chi connectivity index (χ2n) is 14.5. The summed E-state index contributed by atoms with van der Waals surface area (Å²) >= 11 is 0. The summed E-state index contributed by atoms with van der Waals surface area (Å²) in [5.74, 6) is 4.53. The molecule has 0 fully saturated rings. The van der Waals surface area contributed by atoms with Crippen molar-refractivity contribution in [3.05, 3.63) is 127 Å². The third-order valence-corrected chi connectivity index (χ3v) is 11.7. The summed E-state index contributed by atoms with van der Waals surface area (Å²) in [4.78, 5) is 22.4. The zero-order valence-corrected chi connectivity index (χ0v) is 27.8. The molecule has 8 heteroatoms. The molecule has 8 heterocycles. The number of nitrogens with zero attached hydrogens (tertiary/aromatic N) is 8. The number of aliphatic imine (C=N–C) groups is 2. The molecule has 6 aliphatic heterocycles. The van der Waals surface area contributed by atoms with Gasteiger partial charge in [-0.05, 0) is 130 Å². The monoisotopic (exact) mass is 622 g/mol. The Kier molecular flexibility index (Phi) is 3.97. The topological polar surface area (TPSA) is 65.3 Å². The van der Waals surface area contributed by atoms with Gasteiger partial charge in [0.1, 0.15) is 0 Å². The Bertz CT molecular complexity index is 2970. The van der Waals surface area contributed by atoms with Crippen LogP contribution in [-0.2, 0) is 5.91 Å². The Morgan fingerprint density at radius 1 is 0.458 bits per heavy atom. The zero-order valence-electron chi connectivity index (χ0n) is 27.8. The molecule has 228 valence electrons. The second-order valence-corrected chi connectivity index (χ2v) is 14.5. The number of benzene rings is 4. The molecule has 0 unspecified atom stereocenters. The highest BCUT2D eigenvalue weighted by molar-refractivity contribution is 6.20. The van der Waals surface area contributed by atoms with Gasteiger partial charge in [-0.2, -0.15) is 9.13 Å². The summed E-state index contributed by atoms with van der Waals surface area (Å²) in [7, 11) is 0. The number of hydrogen-bond donors (Lipinski definition) is 0. The fraction of sp³-hybridized carbons (Fsp3) is 0.200. The lowest BCUT2D eigenvalue weighted by Gasteiger charge is -2.40. The van der Waals surface area contributed by atoms with Gasteiger partial charge < -0.3 is 0 Å². The van der Waals surface area contributed by atoms with E-state index in [0.29, 0.717) is 0 Å². The van der Waals surface area contributed by atoms with Gasteiger partial charge in [0.25, 0.3) is 23.3 Å². The average Bonchev–Trinajstić information content (AvgIpc) is 3.74. The molecule has 0 N–H and O–H groups in total. The highest BCUT2D eigenvalue weighted by Crippen LogP contribution is 2.53. The third kappa shape index (κ3) is 2.44. The second kappa shape index (κ2) is 7.52. The van der Waals surface area contributed by atoms with Crippen LogP contribution >= 0.6 is 0 Å². The number of amidine groups is 4. The third-order valence-electron chi connectivity index (χ3n) is 11.7. The molecule has 12 rings (SSSR count). The van der Waals surface area contributed by atoms with E-state index in [0.717, 1.165) is 89.8 Å². The molecule has 0 saturated carbocycles. The van der Waals surface area contributed by atoms with E-state index in [2.05, 4.69) is 121 Å². The number of rotatable bonds is 0. The van der Waals surface area contributed by atoms with E-state index < -0.39 is 5.91 Å². The van der Waals surface area contributed by atoms with Crippen molar-refractivity contribution in [1.29, 1.82) is 0 Å². The summed E-state index contributed by atoms with van der Waals surface area (Å²) in [5, 5.41) is 4.43. The van der Waals surface area contributed by atoms with Crippen LogP contribution in [0.1, 0.15) is 61.2 Å². The SMILES string of the molecule is Cc1ccc2c3n4c(c2c1)=NC1=[N+]2C(=Nc5c6cc(C)c(C)cc6c6n5[C@]42[N+]2=C(N=3)c3cc(C)c(C)cc3C2=N6)c2cc(C)c(C)cc21.